The Morgan fingerprint density at radius 3 is 3.10 bits per heavy atom. The van der Waals surface area contributed by atoms with Crippen LogP contribution in [-0.4, -0.2) is 39.7 Å². The van der Waals surface area contributed by atoms with Crippen molar-refractivity contribution in [3.05, 3.63) is 12.2 Å². The summed E-state index contributed by atoms with van der Waals surface area (Å²) < 4.78 is 0. The van der Waals surface area contributed by atoms with Crippen LogP contribution >= 0.6 is 0 Å². The van der Waals surface area contributed by atoms with Crippen LogP contribution in [0.2, 0.25) is 0 Å². The Balaban J connectivity index is 1.37. The highest BCUT2D eigenvalue weighted by molar-refractivity contribution is 5.82. The molecule has 2 aliphatic rings. The summed E-state index contributed by atoms with van der Waals surface area (Å²) in [5, 5.41) is 13.2. The van der Waals surface area contributed by atoms with Gasteiger partial charge in [-0.25, -0.2) is 4.98 Å². The molecule has 1 aliphatic carbocycles. The fourth-order valence-electron chi connectivity index (χ4n) is 3.46. The number of aromatic nitrogens is 3. The third-order valence-corrected chi connectivity index (χ3v) is 4.53. The number of H-pyrrole nitrogens is 1. The quantitative estimate of drug-likeness (QED) is 0.694. The van der Waals surface area contributed by atoms with E-state index < -0.39 is 0 Å². The van der Waals surface area contributed by atoms with E-state index in [1.54, 1.807) is 0 Å². The lowest BCUT2D eigenvalue weighted by molar-refractivity contribution is -0.122. The zero-order valence-corrected chi connectivity index (χ0v) is 11.8. The van der Waals surface area contributed by atoms with Crippen LogP contribution in [0.15, 0.2) is 6.33 Å². The largest absolute Gasteiger partial charge is 0.355 e. The maximum Gasteiger partial charge on any atom is 0.237 e. The second kappa shape index (κ2) is 6.35. The lowest BCUT2D eigenvalue weighted by atomic mass is 9.85. The van der Waals surface area contributed by atoms with Crippen molar-refractivity contribution in [3.8, 4) is 0 Å². The molecular formula is C14H23N5O. The molecule has 1 saturated heterocycles. The van der Waals surface area contributed by atoms with Crippen molar-refractivity contribution in [1.29, 1.82) is 0 Å². The van der Waals surface area contributed by atoms with E-state index in [1.807, 2.05) is 0 Å². The molecule has 3 unspecified atom stereocenters. The normalized spacial score (nSPS) is 29.1. The zero-order chi connectivity index (χ0) is 13.8. The number of fused-ring (bicyclic) bond motifs is 1. The summed E-state index contributed by atoms with van der Waals surface area (Å²) in [5.74, 6) is 1.76. The lowest BCUT2D eigenvalue weighted by Crippen LogP contribution is -2.43. The number of amides is 1. The van der Waals surface area contributed by atoms with Crippen molar-refractivity contribution in [2.45, 2.75) is 57.0 Å². The SMILES string of the molecule is O=C(NCCCc1ncn[nH]1)C1CC2CCCCC2N1. The number of aryl methyl sites for hydroxylation is 1. The second-order valence-corrected chi connectivity index (χ2v) is 5.93. The van der Waals surface area contributed by atoms with Crippen molar-refractivity contribution in [2.75, 3.05) is 6.54 Å². The van der Waals surface area contributed by atoms with Crippen molar-refractivity contribution in [2.24, 2.45) is 5.92 Å². The molecule has 110 valence electrons. The summed E-state index contributed by atoms with van der Waals surface area (Å²) in [6.07, 6.45) is 9.39. The molecule has 1 saturated carbocycles. The summed E-state index contributed by atoms with van der Waals surface area (Å²) >= 11 is 0. The van der Waals surface area contributed by atoms with Gasteiger partial charge in [0.05, 0.1) is 6.04 Å². The summed E-state index contributed by atoms with van der Waals surface area (Å²) in [6.45, 7) is 0.701. The first-order valence-corrected chi connectivity index (χ1v) is 7.71. The Kier molecular flexibility index (Phi) is 4.30. The molecule has 1 aliphatic heterocycles. The number of carbonyl (C=O) groups is 1. The van der Waals surface area contributed by atoms with Gasteiger partial charge in [-0.1, -0.05) is 12.8 Å². The highest BCUT2D eigenvalue weighted by Gasteiger charge is 2.37. The van der Waals surface area contributed by atoms with Gasteiger partial charge < -0.3 is 10.6 Å². The summed E-state index contributed by atoms with van der Waals surface area (Å²) in [4.78, 5) is 16.2. The smallest absolute Gasteiger partial charge is 0.237 e. The van der Waals surface area contributed by atoms with Crippen LogP contribution in [0.25, 0.3) is 0 Å². The second-order valence-electron chi connectivity index (χ2n) is 5.93. The Morgan fingerprint density at radius 2 is 2.30 bits per heavy atom. The predicted octanol–water partition coefficient (Wildman–Crippen LogP) is 0.774. The number of rotatable bonds is 5. The first kappa shape index (κ1) is 13.5. The topological polar surface area (TPSA) is 82.7 Å². The Bertz CT molecular complexity index is 419. The van der Waals surface area contributed by atoms with E-state index in [0.29, 0.717) is 18.5 Å². The number of carbonyl (C=O) groups excluding carboxylic acids is 1. The third-order valence-electron chi connectivity index (χ3n) is 4.53. The molecule has 0 bridgehead atoms. The fraction of sp³-hybridized carbons (Fsp3) is 0.786. The number of hydrogen-bond acceptors (Lipinski definition) is 4. The van der Waals surface area contributed by atoms with Gasteiger partial charge in [0.2, 0.25) is 5.91 Å². The predicted molar refractivity (Wildman–Crippen MR) is 75.0 cm³/mol. The van der Waals surface area contributed by atoms with E-state index in [9.17, 15) is 4.79 Å². The molecule has 2 heterocycles. The minimum Gasteiger partial charge on any atom is -0.355 e. The van der Waals surface area contributed by atoms with Crippen LogP contribution in [0.5, 0.6) is 0 Å². The molecule has 0 spiro atoms. The fourth-order valence-corrected chi connectivity index (χ4v) is 3.46. The van der Waals surface area contributed by atoms with E-state index in [4.69, 9.17) is 0 Å². The van der Waals surface area contributed by atoms with Gasteiger partial charge in [-0.15, -0.1) is 0 Å². The van der Waals surface area contributed by atoms with Crippen LogP contribution in [0.1, 0.15) is 44.3 Å². The molecule has 0 aromatic carbocycles. The van der Waals surface area contributed by atoms with Crippen molar-refractivity contribution >= 4 is 5.91 Å². The van der Waals surface area contributed by atoms with Crippen LogP contribution in [0, 0.1) is 5.92 Å². The monoisotopic (exact) mass is 277 g/mol. The van der Waals surface area contributed by atoms with Crippen molar-refractivity contribution < 1.29 is 4.79 Å². The van der Waals surface area contributed by atoms with Gasteiger partial charge in [-0.05, 0) is 31.6 Å². The van der Waals surface area contributed by atoms with Crippen molar-refractivity contribution in [3.63, 3.8) is 0 Å². The number of nitrogens with one attached hydrogen (secondary N) is 3. The van der Waals surface area contributed by atoms with Gasteiger partial charge >= 0.3 is 0 Å². The molecule has 2 fully saturated rings. The van der Waals surface area contributed by atoms with E-state index >= 15 is 0 Å². The Morgan fingerprint density at radius 1 is 1.40 bits per heavy atom. The van der Waals surface area contributed by atoms with E-state index in [2.05, 4.69) is 25.8 Å². The first-order valence-electron chi connectivity index (χ1n) is 7.71. The van der Waals surface area contributed by atoms with Crippen LogP contribution in [-0.2, 0) is 11.2 Å². The van der Waals surface area contributed by atoms with Gasteiger partial charge in [0, 0.05) is 19.0 Å². The summed E-state index contributed by atoms with van der Waals surface area (Å²) in [6, 6.07) is 0.599. The first-order chi connectivity index (χ1) is 9.83. The van der Waals surface area contributed by atoms with E-state index in [0.717, 1.165) is 25.1 Å². The maximum atomic E-state index is 12.1. The molecular weight excluding hydrogens is 254 g/mol. The van der Waals surface area contributed by atoms with Crippen LogP contribution < -0.4 is 10.6 Å². The van der Waals surface area contributed by atoms with Crippen LogP contribution in [0.3, 0.4) is 0 Å². The highest BCUT2D eigenvalue weighted by Crippen LogP contribution is 2.33. The number of aromatic amines is 1. The minimum atomic E-state index is 0.0216. The Hall–Kier alpha value is -1.43. The molecule has 3 atom stereocenters. The van der Waals surface area contributed by atoms with E-state index in [1.165, 1.54) is 32.0 Å². The molecule has 0 radical (unpaired) electrons. The third kappa shape index (κ3) is 3.17. The van der Waals surface area contributed by atoms with Gasteiger partial charge in [-0.2, -0.15) is 5.10 Å². The molecule has 6 heteroatoms. The number of nitrogens with zero attached hydrogens (tertiary/aromatic N) is 2. The molecule has 6 nitrogen and oxygen atoms in total. The van der Waals surface area contributed by atoms with Crippen molar-refractivity contribution in [1.82, 2.24) is 25.8 Å². The zero-order valence-electron chi connectivity index (χ0n) is 11.8. The summed E-state index contributed by atoms with van der Waals surface area (Å²) in [7, 11) is 0. The van der Waals surface area contributed by atoms with Crippen LogP contribution in [0.4, 0.5) is 0 Å². The van der Waals surface area contributed by atoms with E-state index in [-0.39, 0.29) is 11.9 Å². The van der Waals surface area contributed by atoms with Gasteiger partial charge in [-0.3, -0.25) is 9.89 Å². The molecule has 1 aromatic rings. The average Bonchev–Trinajstić information content (AvgIpc) is 3.12. The molecule has 20 heavy (non-hydrogen) atoms. The maximum absolute atomic E-state index is 12.1. The Labute approximate surface area is 119 Å². The number of hydrogen-bond donors (Lipinski definition) is 3. The average molecular weight is 277 g/mol. The highest BCUT2D eigenvalue weighted by atomic mass is 16.2. The molecule has 1 amide bonds. The summed E-state index contributed by atoms with van der Waals surface area (Å²) in [5.41, 5.74) is 0. The van der Waals surface area contributed by atoms with Gasteiger partial charge in [0.15, 0.2) is 0 Å². The standard InChI is InChI=1S/C14H23N5O/c20-14(15-7-3-6-13-16-9-17-19-13)12-8-10-4-1-2-5-11(10)18-12/h9-12,18H,1-8H2,(H,15,20)(H,16,17,19). The molecule has 3 rings (SSSR count). The molecule has 1 aromatic heterocycles. The van der Waals surface area contributed by atoms with Gasteiger partial charge in [0.1, 0.15) is 12.2 Å². The molecule has 3 N–H and O–H groups in total. The lowest BCUT2D eigenvalue weighted by Gasteiger charge is -2.24. The van der Waals surface area contributed by atoms with Gasteiger partial charge in [0.25, 0.3) is 0 Å². The minimum absolute atomic E-state index is 0.0216.